The molecule has 30 heavy (non-hydrogen) atoms. The number of fused-ring (bicyclic) bond motifs is 1. The van der Waals surface area contributed by atoms with E-state index in [1.165, 1.54) is 11.8 Å². The van der Waals surface area contributed by atoms with E-state index in [0.717, 1.165) is 22.2 Å². The molecule has 148 valence electrons. The van der Waals surface area contributed by atoms with Gasteiger partial charge in [0.15, 0.2) is 5.76 Å². The number of furan rings is 1. The van der Waals surface area contributed by atoms with Crippen molar-refractivity contribution in [2.75, 3.05) is 6.54 Å². The van der Waals surface area contributed by atoms with Crippen molar-refractivity contribution in [2.45, 2.75) is 6.92 Å². The molecule has 1 aliphatic rings. The summed E-state index contributed by atoms with van der Waals surface area (Å²) in [5, 5.41) is 5.79. The van der Waals surface area contributed by atoms with Gasteiger partial charge in [0.2, 0.25) is 0 Å². The number of para-hydroxylation sites is 2. The van der Waals surface area contributed by atoms with Gasteiger partial charge in [-0.2, -0.15) is 5.10 Å². The van der Waals surface area contributed by atoms with E-state index in [4.69, 9.17) is 21.7 Å². The number of thiocarbonyl (C=S) groups is 1. The maximum atomic E-state index is 12.7. The number of thioether (sulfide) groups is 1. The zero-order chi connectivity index (χ0) is 20.7. The molecule has 2 aromatic heterocycles. The van der Waals surface area contributed by atoms with E-state index >= 15 is 0 Å². The largest absolute Gasteiger partial charge is 0.454 e. The third-order valence-electron chi connectivity index (χ3n) is 4.90. The van der Waals surface area contributed by atoms with Gasteiger partial charge < -0.3 is 4.42 Å². The molecule has 1 aliphatic heterocycles. The zero-order valence-electron chi connectivity index (χ0n) is 16.1. The number of rotatable bonds is 4. The van der Waals surface area contributed by atoms with Gasteiger partial charge in [0.05, 0.1) is 10.6 Å². The number of carbonyl (C=O) groups is 1. The zero-order valence-corrected chi connectivity index (χ0v) is 17.7. The highest BCUT2D eigenvalue weighted by molar-refractivity contribution is 8.26. The van der Waals surface area contributed by atoms with E-state index in [0.29, 0.717) is 27.2 Å². The van der Waals surface area contributed by atoms with Gasteiger partial charge in [0, 0.05) is 23.7 Å². The molecule has 0 bridgehead atoms. The molecule has 0 N–H and O–H groups in total. The molecule has 4 aromatic rings. The topological polar surface area (TPSA) is 51.3 Å². The summed E-state index contributed by atoms with van der Waals surface area (Å²) in [6.45, 7) is 2.47. The van der Waals surface area contributed by atoms with Crippen LogP contribution in [0.2, 0.25) is 0 Å². The molecule has 0 atom stereocenters. The molecule has 3 heterocycles. The Balaban J connectivity index is 1.65. The lowest BCUT2D eigenvalue weighted by Crippen LogP contribution is -2.27. The number of aromatic nitrogens is 2. The first kappa shape index (κ1) is 18.8. The molecule has 5 rings (SSSR count). The molecule has 0 aliphatic carbocycles. The van der Waals surface area contributed by atoms with Crippen LogP contribution >= 0.6 is 24.0 Å². The number of hydrogen-bond donors (Lipinski definition) is 0. The monoisotopic (exact) mass is 431 g/mol. The van der Waals surface area contributed by atoms with E-state index in [-0.39, 0.29) is 5.91 Å². The summed E-state index contributed by atoms with van der Waals surface area (Å²) in [6, 6.07) is 19.7. The van der Waals surface area contributed by atoms with Crippen LogP contribution in [0.25, 0.3) is 34.2 Å². The minimum atomic E-state index is -0.0736. The smallest absolute Gasteiger partial charge is 0.266 e. The fraction of sp³-hybridized carbons (Fsp3) is 0.0870. The van der Waals surface area contributed by atoms with Gasteiger partial charge in [-0.15, -0.1) is 0 Å². The van der Waals surface area contributed by atoms with Gasteiger partial charge in [-0.1, -0.05) is 60.4 Å². The minimum Gasteiger partial charge on any atom is -0.454 e. The van der Waals surface area contributed by atoms with Gasteiger partial charge in [0.1, 0.15) is 15.6 Å². The molecule has 0 saturated carbocycles. The second kappa shape index (κ2) is 7.59. The second-order valence-electron chi connectivity index (χ2n) is 6.79. The first-order chi connectivity index (χ1) is 14.6. The lowest BCUT2D eigenvalue weighted by atomic mass is 10.1. The molecule has 1 fully saturated rings. The van der Waals surface area contributed by atoms with Crippen LogP contribution in [0, 0.1) is 0 Å². The minimum absolute atomic E-state index is 0.0736. The fourth-order valence-corrected chi connectivity index (χ4v) is 4.78. The number of likely N-dealkylation sites (N-methyl/N-ethyl adjacent to an activating group) is 1. The normalized spacial score (nSPS) is 15.6. The third kappa shape index (κ3) is 3.26. The van der Waals surface area contributed by atoms with Crippen molar-refractivity contribution < 1.29 is 9.21 Å². The van der Waals surface area contributed by atoms with Crippen molar-refractivity contribution in [3.63, 3.8) is 0 Å². The summed E-state index contributed by atoms with van der Waals surface area (Å²) in [7, 11) is 0. The van der Waals surface area contributed by atoms with Crippen molar-refractivity contribution >= 4 is 51.3 Å². The summed E-state index contributed by atoms with van der Waals surface area (Å²) >= 11 is 6.67. The fourth-order valence-electron chi connectivity index (χ4n) is 3.41. The summed E-state index contributed by atoms with van der Waals surface area (Å²) < 4.78 is 8.44. The van der Waals surface area contributed by atoms with E-state index < -0.39 is 0 Å². The number of nitrogens with zero attached hydrogens (tertiary/aromatic N) is 3. The van der Waals surface area contributed by atoms with E-state index in [2.05, 4.69) is 0 Å². The average Bonchev–Trinajstić information content (AvgIpc) is 3.44. The van der Waals surface area contributed by atoms with E-state index in [9.17, 15) is 4.79 Å². The SMILES string of the molecule is CCN1C(=O)C(=Cc2cn(-c3ccccc3)nc2-c2cc3ccccc3o2)SC1=S. The molecule has 5 nitrogen and oxygen atoms in total. The van der Waals surface area contributed by atoms with Crippen molar-refractivity contribution in [1.29, 1.82) is 0 Å². The van der Waals surface area contributed by atoms with Gasteiger partial charge >= 0.3 is 0 Å². The molecule has 1 saturated heterocycles. The summed E-state index contributed by atoms with van der Waals surface area (Å²) in [5.41, 5.74) is 3.20. The Bertz CT molecular complexity index is 1270. The standard InChI is InChI=1S/C23H17N3O2S2/c1-2-25-22(27)20(30-23(25)29)13-16-14-26(17-9-4-3-5-10-17)24-21(16)19-12-15-8-6-7-11-18(15)28-19/h3-14H,2H2,1H3. The van der Waals surface area contributed by atoms with Crippen LogP contribution in [-0.2, 0) is 4.79 Å². The maximum Gasteiger partial charge on any atom is 0.266 e. The summed E-state index contributed by atoms with van der Waals surface area (Å²) in [6.07, 6.45) is 3.76. The predicted molar refractivity (Wildman–Crippen MR) is 124 cm³/mol. The quantitative estimate of drug-likeness (QED) is 0.315. The average molecular weight is 432 g/mol. The Hall–Kier alpha value is -3.16. The summed E-state index contributed by atoms with van der Waals surface area (Å²) in [4.78, 5) is 14.9. The lowest BCUT2D eigenvalue weighted by molar-refractivity contribution is -0.121. The molecule has 1 amide bonds. The van der Waals surface area contributed by atoms with Crippen molar-refractivity contribution in [3.8, 4) is 17.1 Å². The van der Waals surface area contributed by atoms with Gasteiger partial charge in [0.25, 0.3) is 5.91 Å². The van der Waals surface area contributed by atoms with Crippen LogP contribution in [0.4, 0.5) is 0 Å². The summed E-state index contributed by atoms with van der Waals surface area (Å²) in [5.74, 6) is 0.582. The third-order valence-corrected chi connectivity index (χ3v) is 6.28. The first-order valence-electron chi connectivity index (χ1n) is 9.53. The Morgan fingerprint density at radius 2 is 1.90 bits per heavy atom. The predicted octanol–water partition coefficient (Wildman–Crippen LogP) is 5.51. The number of amides is 1. The van der Waals surface area contributed by atoms with E-state index in [1.807, 2.05) is 79.9 Å². The molecule has 0 spiro atoms. The highest BCUT2D eigenvalue weighted by Gasteiger charge is 2.31. The highest BCUT2D eigenvalue weighted by Crippen LogP contribution is 2.36. The molecule has 0 radical (unpaired) electrons. The van der Waals surface area contributed by atoms with Gasteiger partial charge in [-0.3, -0.25) is 9.69 Å². The Labute approximate surface area is 183 Å². The van der Waals surface area contributed by atoms with Crippen LogP contribution < -0.4 is 0 Å². The van der Waals surface area contributed by atoms with Crippen molar-refractivity contribution in [1.82, 2.24) is 14.7 Å². The molecule has 7 heteroatoms. The van der Waals surface area contributed by atoms with Crippen LogP contribution in [0.5, 0.6) is 0 Å². The van der Waals surface area contributed by atoms with Crippen LogP contribution in [0.3, 0.4) is 0 Å². The van der Waals surface area contributed by atoms with Crippen molar-refractivity contribution in [3.05, 3.63) is 77.3 Å². The Kier molecular flexibility index (Phi) is 4.77. The Morgan fingerprint density at radius 3 is 2.63 bits per heavy atom. The molecular weight excluding hydrogens is 414 g/mol. The van der Waals surface area contributed by atoms with Crippen LogP contribution in [0.1, 0.15) is 12.5 Å². The molecule has 2 aromatic carbocycles. The van der Waals surface area contributed by atoms with Gasteiger partial charge in [-0.25, -0.2) is 4.68 Å². The second-order valence-corrected chi connectivity index (χ2v) is 8.46. The maximum absolute atomic E-state index is 12.7. The Morgan fingerprint density at radius 1 is 1.13 bits per heavy atom. The highest BCUT2D eigenvalue weighted by atomic mass is 32.2. The number of hydrogen-bond acceptors (Lipinski definition) is 5. The number of benzene rings is 2. The van der Waals surface area contributed by atoms with Crippen molar-refractivity contribution in [2.24, 2.45) is 0 Å². The van der Waals surface area contributed by atoms with Crippen LogP contribution in [0.15, 0.2) is 76.2 Å². The van der Waals surface area contributed by atoms with Crippen LogP contribution in [-0.4, -0.2) is 31.5 Å². The number of carbonyl (C=O) groups excluding carboxylic acids is 1. The van der Waals surface area contributed by atoms with E-state index in [1.54, 1.807) is 9.58 Å². The lowest BCUT2D eigenvalue weighted by Gasteiger charge is -2.09. The first-order valence-corrected chi connectivity index (χ1v) is 10.8. The molecular formula is C23H17N3O2S2. The van der Waals surface area contributed by atoms with Gasteiger partial charge in [-0.05, 0) is 37.3 Å². The molecule has 0 unspecified atom stereocenters.